The Kier molecular flexibility index (Phi) is 6.53. The predicted octanol–water partition coefficient (Wildman–Crippen LogP) is 2.30. The first-order valence-electron chi connectivity index (χ1n) is 9.76. The van der Waals surface area contributed by atoms with E-state index < -0.39 is 24.3 Å². The van der Waals surface area contributed by atoms with Crippen molar-refractivity contribution >= 4 is 23.4 Å². The van der Waals surface area contributed by atoms with Crippen LogP contribution in [-0.4, -0.2) is 39.8 Å². The summed E-state index contributed by atoms with van der Waals surface area (Å²) < 4.78 is 4.87. The summed E-state index contributed by atoms with van der Waals surface area (Å²) in [5, 5.41) is 34.0. The number of methoxy groups -OCH3 is 1. The molecule has 160 valence electrons. The fraction of sp³-hybridized carbons (Fsp3) is 0.381. The molecule has 9 heteroatoms. The fourth-order valence-electron chi connectivity index (χ4n) is 3.90. The number of hydrogen-bond donors (Lipinski definition) is 6. The number of ether oxygens (including phenoxy) is 1. The van der Waals surface area contributed by atoms with E-state index in [1.165, 1.54) is 13.2 Å². The summed E-state index contributed by atoms with van der Waals surface area (Å²) in [5.41, 5.74) is 6.19. The molecule has 7 N–H and O–H groups in total. The number of carbonyl (C=O) groups excluding carboxylic acids is 1. The van der Waals surface area contributed by atoms with Crippen LogP contribution in [0.5, 0.6) is 0 Å². The molecule has 30 heavy (non-hydrogen) atoms. The normalized spacial score (nSPS) is 16.0. The number of amides is 2. The first kappa shape index (κ1) is 21.5. The first-order valence-corrected chi connectivity index (χ1v) is 9.76. The molecule has 2 aromatic rings. The number of rotatable bonds is 6. The van der Waals surface area contributed by atoms with Gasteiger partial charge in [0.05, 0.1) is 36.6 Å². The van der Waals surface area contributed by atoms with Gasteiger partial charge in [0.15, 0.2) is 0 Å². The van der Waals surface area contributed by atoms with E-state index in [-0.39, 0.29) is 28.7 Å². The van der Waals surface area contributed by atoms with Gasteiger partial charge in [0, 0.05) is 11.8 Å². The van der Waals surface area contributed by atoms with E-state index in [4.69, 9.17) is 15.9 Å². The number of benzene rings is 1. The zero-order chi connectivity index (χ0) is 21.7. The maximum absolute atomic E-state index is 12.7. The Bertz CT molecular complexity index is 913. The molecule has 1 fully saturated rings. The highest BCUT2D eigenvalue weighted by atomic mass is 16.5. The molecule has 9 nitrogen and oxygen atoms in total. The zero-order valence-corrected chi connectivity index (χ0v) is 16.8. The molecule has 2 amide bonds. The van der Waals surface area contributed by atoms with E-state index in [2.05, 4.69) is 15.6 Å². The highest BCUT2D eigenvalue weighted by Gasteiger charge is 2.41. The second kappa shape index (κ2) is 9.10. The van der Waals surface area contributed by atoms with Gasteiger partial charge in [-0.15, -0.1) is 0 Å². The van der Waals surface area contributed by atoms with Crippen LogP contribution in [0.4, 0.5) is 16.3 Å². The van der Waals surface area contributed by atoms with Gasteiger partial charge in [-0.25, -0.2) is 9.78 Å². The molecule has 1 aromatic carbocycles. The number of carbonyl (C=O) groups is 1. The Labute approximate surface area is 174 Å². The first-order chi connectivity index (χ1) is 14.4. The zero-order valence-electron chi connectivity index (χ0n) is 16.8. The van der Waals surface area contributed by atoms with Crippen LogP contribution in [0.1, 0.15) is 48.5 Å². The van der Waals surface area contributed by atoms with Crippen molar-refractivity contribution in [3.63, 3.8) is 0 Å². The predicted molar refractivity (Wildman–Crippen MR) is 113 cm³/mol. The van der Waals surface area contributed by atoms with E-state index in [1.54, 1.807) is 0 Å². The average molecular weight is 413 g/mol. The van der Waals surface area contributed by atoms with Gasteiger partial charge >= 0.3 is 6.03 Å². The summed E-state index contributed by atoms with van der Waals surface area (Å²) in [4.78, 5) is 16.9. The number of pyridine rings is 1. The monoisotopic (exact) mass is 413 g/mol. The molecular weight excluding hydrogens is 386 g/mol. The van der Waals surface area contributed by atoms with Crippen LogP contribution in [0.15, 0.2) is 36.4 Å². The lowest BCUT2D eigenvalue weighted by atomic mass is 9.87. The highest BCUT2D eigenvalue weighted by molar-refractivity contribution is 5.99. The van der Waals surface area contributed by atoms with E-state index in [1.807, 2.05) is 30.3 Å². The number of nitrogens with two attached hydrogens (primary N) is 1. The van der Waals surface area contributed by atoms with Crippen molar-refractivity contribution in [2.45, 2.75) is 43.9 Å². The van der Waals surface area contributed by atoms with Crippen molar-refractivity contribution in [1.82, 2.24) is 10.3 Å². The molecule has 3 rings (SSSR count). The van der Waals surface area contributed by atoms with Crippen LogP contribution in [0.3, 0.4) is 0 Å². The molecule has 0 spiro atoms. The van der Waals surface area contributed by atoms with Gasteiger partial charge in [-0.3, -0.25) is 10.7 Å². The lowest BCUT2D eigenvalue weighted by Crippen LogP contribution is -2.46. The Hall–Kier alpha value is -3.17. The maximum Gasteiger partial charge on any atom is 0.320 e. The Morgan fingerprint density at radius 1 is 1.33 bits per heavy atom. The summed E-state index contributed by atoms with van der Waals surface area (Å²) >= 11 is 0. The van der Waals surface area contributed by atoms with Gasteiger partial charge in [-0.2, -0.15) is 0 Å². The van der Waals surface area contributed by atoms with Crippen LogP contribution in [0.2, 0.25) is 0 Å². The van der Waals surface area contributed by atoms with Gasteiger partial charge in [-0.05, 0) is 18.4 Å². The van der Waals surface area contributed by atoms with Crippen LogP contribution >= 0.6 is 0 Å². The average Bonchev–Trinajstić information content (AvgIpc) is 3.19. The largest absolute Gasteiger partial charge is 0.481 e. The number of urea groups is 1. The molecule has 0 radical (unpaired) electrons. The van der Waals surface area contributed by atoms with Crippen molar-refractivity contribution in [3.8, 4) is 0 Å². The summed E-state index contributed by atoms with van der Waals surface area (Å²) in [7, 11) is 1.32. The number of aliphatic hydroxyl groups is 2. The van der Waals surface area contributed by atoms with Crippen molar-refractivity contribution in [2.24, 2.45) is 0 Å². The summed E-state index contributed by atoms with van der Waals surface area (Å²) in [6, 6.07) is 9.58. The van der Waals surface area contributed by atoms with Gasteiger partial charge in [-0.1, -0.05) is 43.2 Å². The van der Waals surface area contributed by atoms with E-state index in [0.29, 0.717) is 12.8 Å². The third kappa shape index (κ3) is 4.52. The quantitative estimate of drug-likeness (QED) is 0.315. The summed E-state index contributed by atoms with van der Waals surface area (Å²) in [6.07, 6.45) is 2.99. The fourth-order valence-corrected chi connectivity index (χ4v) is 3.90. The molecule has 1 saturated carbocycles. The second-order valence-corrected chi connectivity index (χ2v) is 7.36. The van der Waals surface area contributed by atoms with E-state index in [9.17, 15) is 15.0 Å². The van der Waals surface area contributed by atoms with Gasteiger partial charge in [0.25, 0.3) is 0 Å². The standard InChI is InChI=1S/C21H27N5O4/c1-30-19(23)17-14(22)11-16(24-15(17)12-27)25-20(28)26-18(13-7-3-2-4-8-13)21(29)9-5-6-10-21/h2-4,7-8,11,18,23,27,29H,5-6,9-10,12H2,1H3,(H4,22,24,25,26,28)/t18-/m0/s1. The third-order valence-corrected chi connectivity index (χ3v) is 5.36. The van der Waals surface area contributed by atoms with Gasteiger partial charge < -0.3 is 26.0 Å². The van der Waals surface area contributed by atoms with Crippen LogP contribution in [0.25, 0.3) is 0 Å². The number of nitrogen functional groups attached to an aromatic ring is 1. The molecule has 1 aliphatic carbocycles. The number of nitrogens with one attached hydrogen (secondary N) is 3. The third-order valence-electron chi connectivity index (χ3n) is 5.36. The van der Waals surface area contributed by atoms with Crippen LogP contribution < -0.4 is 16.4 Å². The number of aliphatic hydroxyl groups excluding tert-OH is 1. The van der Waals surface area contributed by atoms with Crippen molar-refractivity contribution in [1.29, 1.82) is 5.41 Å². The summed E-state index contributed by atoms with van der Waals surface area (Å²) in [6.45, 7) is -0.477. The number of hydrogen-bond acceptors (Lipinski definition) is 7. The van der Waals surface area contributed by atoms with E-state index >= 15 is 0 Å². The summed E-state index contributed by atoms with van der Waals surface area (Å²) in [5.74, 6) is -0.112. The number of aromatic nitrogens is 1. The molecule has 1 aromatic heterocycles. The minimum atomic E-state index is -1.03. The SMILES string of the molecule is COC(=N)c1c(N)cc(NC(=O)N[C@@H](c2ccccc2)C2(O)CCCC2)nc1CO. The lowest BCUT2D eigenvalue weighted by molar-refractivity contribution is 0.0113. The Morgan fingerprint density at radius 3 is 2.60 bits per heavy atom. The molecular formula is C21H27N5O4. The molecule has 0 bridgehead atoms. The molecule has 1 heterocycles. The Morgan fingerprint density at radius 2 is 2.00 bits per heavy atom. The highest BCUT2D eigenvalue weighted by Crippen LogP contribution is 2.39. The van der Waals surface area contributed by atoms with Crippen LogP contribution in [-0.2, 0) is 11.3 Å². The molecule has 0 saturated heterocycles. The second-order valence-electron chi connectivity index (χ2n) is 7.36. The number of nitrogens with zero attached hydrogens (tertiary/aromatic N) is 1. The topological polar surface area (TPSA) is 154 Å². The number of anilines is 2. The van der Waals surface area contributed by atoms with Crippen molar-refractivity contribution in [2.75, 3.05) is 18.2 Å². The van der Waals surface area contributed by atoms with Crippen molar-refractivity contribution < 1.29 is 19.7 Å². The minimum Gasteiger partial charge on any atom is -0.481 e. The molecule has 1 aliphatic rings. The molecule has 1 atom stereocenters. The Balaban J connectivity index is 1.82. The van der Waals surface area contributed by atoms with Gasteiger partial charge in [0.1, 0.15) is 5.82 Å². The maximum atomic E-state index is 12.7. The smallest absolute Gasteiger partial charge is 0.320 e. The molecule has 0 aliphatic heterocycles. The van der Waals surface area contributed by atoms with Gasteiger partial charge in [0.2, 0.25) is 5.90 Å². The molecule has 0 unspecified atom stereocenters. The minimum absolute atomic E-state index is 0.117. The van der Waals surface area contributed by atoms with E-state index in [0.717, 1.165) is 18.4 Å². The lowest BCUT2D eigenvalue weighted by Gasteiger charge is -2.33. The van der Waals surface area contributed by atoms with Crippen molar-refractivity contribution in [3.05, 3.63) is 53.2 Å². The van der Waals surface area contributed by atoms with Crippen LogP contribution in [0, 0.1) is 5.41 Å².